The summed E-state index contributed by atoms with van der Waals surface area (Å²) in [7, 11) is -1.39. The highest BCUT2D eigenvalue weighted by molar-refractivity contribution is 6.69. The number of carbonyl (C=O) groups excluding carboxylic acids is 1. The largest absolute Gasteiger partial charge is 0.444 e. The fourth-order valence-corrected chi connectivity index (χ4v) is 8.72. The van der Waals surface area contributed by atoms with Crippen LogP contribution in [0.1, 0.15) is 111 Å². The standard InChI is InChI=1S/C13H24N2O2.C12H21N.C8H18O2Si/c1-12(2,3)17-11(16)15-8-5-13(6-9-15)4-7-14-10-13;1-2-6-12(7-3-1)8-9-13(10-12)11-4-5-11;1-5-9-8(6-7-8)10-11(2,3)4/h14H,4-10H2,1-3H3;11H,1-10H2;5-7H2,1-4H3. The summed E-state index contributed by atoms with van der Waals surface area (Å²) in [5.41, 5.74) is 0.862. The van der Waals surface area contributed by atoms with Crippen LogP contribution in [0.2, 0.25) is 19.6 Å². The van der Waals surface area contributed by atoms with E-state index >= 15 is 0 Å². The minimum atomic E-state index is -1.39. The van der Waals surface area contributed by atoms with Gasteiger partial charge in [-0.25, -0.2) is 4.79 Å². The van der Waals surface area contributed by atoms with Crippen molar-refractivity contribution in [3.8, 4) is 0 Å². The zero-order valence-corrected chi connectivity index (χ0v) is 28.7. The van der Waals surface area contributed by atoms with E-state index in [2.05, 4.69) is 29.9 Å². The van der Waals surface area contributed by atoms with Gasteiger partial charge in [0.15, 0.2) is 14.1 Å². The Morgan fingerprint density at radius 2 is 1.51 bits per heavy atom. The van der Waals surface area contributed by atoms with Crippen LogP contribution in [0, 0.1) is 10.8 Å². The Hall–Kier alpha value is -0.673. The van der Waals surface area contributed by atoms with E-state index in [1.165, 1.54) is 70.9 Å². The molecule has 3 aliphatic carbocycles. The molecule has 238 valence electrons. The summed E-state index contributed by atoms with van der Waals surface area (Å²) in [6, 6.07) is 1.02. The first-order valence-electron chi connectivity index (χ1n) is 17.0. The molecule has 6 fully saturated rings. The molecule has 0 radical (unpaired) electrons. The predicted molar refractivity (Wildman–Crippen MR) is 170 cm³/mol. The van der Waals surface area contributed by atoms with Crippen LogP contribution in [-0.2, 0) is 13.9 Å². The maximum atomic E-state index is 11.9. The first-order valence-corrected chi connectivity index (χ1v) is 20.4. The van der Waals surface area contributed by atoms with Crippen molar-refractivity contribution in [2.24, 2.45) is 10.8 Å². The smallest absolute Gasteiger partial charge is 0.410 e. The second kappa shape index (κ2) is 13.5. The Kier molecular flexibility index (Phi) is 11.0. The van der Waals surface area contributed by atoms with Crippen molar-refractivity contribution in [2.45, 2.75) is 148 Å². The first kappa shape index (κ1) is 33.2. The third-order valence-corrected chi connectivity index (χ3v) is 10.8. The van der Waals surface area contributed by atoms with Gasteiger partial charge in [-0.3, -0.25) is 4.90 Å². The Labute approximate surface area is 252 Å². The van der Waals surface area contributed by atoms with Gasteiger partial charge in [-0.05, 0) is 123 Å². The van der Waals surface area contributed by atoms with E-state index in [0.717, 1.165) is 69.9 Å². The summed E-state index contributed by atoms with van der Waals surface area (Å²) >= 11 is 0. The van der Waals surface area contributed by atoms with Gasteiger partial charge in [0.2, 0.25) is 0 Å². The van der Waals surface area contributed by atoms with Crippen LogP contribution in [0.15, 0.2) is 0 Å². The molecular weight excluding hydrogens is 530 g/mol. The second-order valence-corrected chi connectivity index (χ2v) is 20.4. The van der Waals surface area contributed by atoms with Crippen molar-refractivity contribution < 1.29 is 18.7 Å². The molecule has 0 bridgehead atoms. The predicted octanol–water partition coefficient (Wildman–Crippen LogP) is 7.17. The van der Waals surface area contributed by atoms with Crippen LogP contribution in [0.3, 0.4) is 0 Å². The minimum Gasteiger partial charge on any atom is -0.444 e. The monoisotopic (exact) mass is 593 g/mol. The van der Waals surface area contributed by atoms with Gasteiger partial charge < -0.3 is 24.1 Å². The van der Waals surface area contributed by atoms with Gasteiger partial charge in [0.05, 0.1) is 0 Å². The van der Waals surface area contributed by atoms with Crippen molar-refractivity contribution in [1.82, 2.24) is 15.1 Å². The lowest BCUT2D eigenvalue weighted by molar-refractivity contribution is -0.106. The van der Waals surface area contributed by atoms with Gasteiger partial charge in [0.25, 0.3) is 0 Å². The van der Waals surface area contributed by atoms with Gasteiger partial charge >= 0.3 is 6.09 Å². The lowest BCUT2D eigenvalue weighted by atomic mass is 9.73. The van der Waals surface area contributed by atoms with E-state index in [4.69, 9.17) is 13.9 Å². The molecule has 41 heavy (non-hydrogen) atoms. The number of ether oxygens (including phenoxy) is 2. The van der Waals surface area contributed by atoms with E-state index in [9.17, 15) is 4.79 Å². The molecule has 3 aliphatic heterocycles. The molecule has 0 aromatic rings. The molecule has 8 heteroatoms. The third-order valence-electron chi connectivity index (χ3n) is 9.81. The quantitative estimate of drug-likeness (QED) is 0.269. The number of carbonyl (C=O) groups is 1. The molecule has 0 atom stereocenters. The number of hydrogen-bond acceptors (Lipinski definition) is 6. The average Bonchev–Trinajstić information content (AvgIpc) is 3.79. The maximum absolute atomic E-state index is 11.9. The lowest BCUT2D eigenvalue weighted by Gasteiger charge is -2.39. The summed E-state index contributed by atoms with van der Waals surface area (Å²) in [5.74, 6) is -0.154. The lowest BCUT2D eigenvalue weighted by Crippen LogP contribution is -2.45. The molecule has 1 amide bonds. The van der Waals surface area contributed by atoms with Crippen LogP contribution in [0.5, 0.6) is 0 Å². The highest BCUT2D eigenvalue weighted by Gasteiger charge is 2.48. The molecule has 3 saturated heterocycles. The fourth-order valence-electron chi connectivity index (χ4n) is 7.34. The summed E-state index contributed by atoms with van der Waals surface area (Å²) in [6.07, 6.45) is 17.6. The highest BCUT2D eigenvalue weighted by atomic mass is 28.4. The number of amides is 1. The number of likely N-dealkylation sites (tertiary alicyclic amines) is 2. The SMILES string of the molecule is C1CCC2(CC1)CCN(C1CC1)C2.CC(C)(C)OC(=O)N1CCC2(CCNC2)CC1.CCOC1(O[Si](C)(C)C)CC1. The van der Waals surface area contributed by atoms with E-state index in [0.29, 0.717) is 5.41 Å². The molecule has 2 spiro atoms. The average molecular weight is 594 g/mol. The van der Waals surface area contributed by atoms with E-state index in [1.807, 2.05) is 32.6 Å². The zero-order chi connectivity index (χ0) is 29.8. The summed E-state index contributed by atoms with van der Waals surface area (Å²) in [4.78, 5) is 16.5. The molecular formula is C33H63N3O4Si. The number of piperidine rings is 1. The van der Waals surface area contributed by atoms with E-state index < -0.39 is 8.32 Å². The highest BCUT2D eigenvalue weighted by Crippen LogP contribution is 2.46. The van der Waals surface area contributed by atoms with Gasteiger partial charge in [0, 0.05) is 51.7 Å². The summed E-state index contributed by atoms with van der Waals surface area (Å²) in [5, 5.41) is 3.43. The molecule has 1 N–H and O–H groups in total. The molecule has 0 aromatic carbocycles. The number of nitrogens with one attached hydrogen (secondary N) is 1. The first-order chi connectivity index (χ1) is 19.3. The molecule has 3 saturated carbocycles. The van der Waals surface area contributed by atoms with Crippen molar-refractivity contribution in [3.05, 3.63) is 0 Å². The summed E-state index contributed by atoms with van der Waals surface area (Å²) in [6.45, 7) is 21.9. The van der Waals surface area contributed by atoms with Gasteiger partial charge in [-0.1, -0.05) is 19.3 Å². The molecule has 0 aromatic heterocycles. The Balaban J connectivity index is 0.000000145. The van der Waals surface area contributed by atoms with Crippen molar-refractivity contribution in [1.29, 1.82) is 0 Å². The minimum absolute atomic E-state index is 0.154. The zero-order valence-electron chi connectivity index (χ0n) is 27.7. The number of nitrogens with zero attached hydrogens (tertiary/aromatic N) is 2. The van der Waals surface area contributed by atoms with Crippen molar-refractivity contribution in [3.63, 3.8) is 0 Å². The fraction of sp³-hybridized carbons (Fsp3) is 0.970. The molecule has 6 aliphatic rings. The van der Waals surface area contributed by atoms with Crippen LogP contribution in [0.25, 0.3) is 0 Å². The van der Waals surface area contributed by atoms with Crippen molar-refractivity contribution >= 4 is 14.4 Å². The van der Waals surface area contributed by atoms with E-state index in [-0.39, 0.29) is 17.5 Å². The summed E-state index contributed by atoms with van der Waals surface area (Å²) < 4.78 is 16.8. The maximum Gasteiger partial charge on any atom is 0.410 e. The molecule has 6 rings (SSSR count). The Bertz CT molecular complexity index is 824. The Morgan fingerprint density at radius 3 is 2.00 bits per heavy atom. The molecule has 7 nitrogen and oxygen atoms in total. The molecule has 0 unspecified atom stereocenters. The number of hydrogen-bond donors (Lipinski definition) is 1. The topological polar surface area (TPSA) is 63.3 Å². The van der Waals surface area contributed by atoms with E-state index in [1.54, 1.807) is 0 Å². The third kappa shape index (κ3) is 10.5. The normalized spacial score (nSPS) is 26.7. The number of rotatable bonds is 5. The van der Waals surface area contributed by atoms with Gasteiger partial charge in [0.1, 0.15) is 5.60 Å². The van der Waals surface area contributed by atoms with Crippen LogP contribution < -0.4 is 5.32 Å². The van der Waals surface area contributed by atoms with Crippen LogP contribution in [-0.4, -0.2) is 87.5 Å². The second-order valence-electron chi connectivity index (χ2n) is 16.0. The van der Waals surface area contributed by atoms with Gasteiger partial charge in [-0.15, -0.1) is 0 Å². The van der Waals surface area contributed by atoms with Crippen LogP contribution >= 0.6 is 0 Å². The molecule has 3 heterocycles. The van der Waals surface area contributed by atoms with Crippen molar-refractivity contribution in [2.75, 3.05) is 45.9 Å². The van der Waals surface area contributed by atoms with Crippen LogP contribution in [0.4, 0.5) is 4.79 Å². The Morgan fingerprint density at radius 1 is 0.878 bits per heavy atom. The van der Waals surface area contributed by atoms with Gasteiger partial charge in [-0.2, -0.15) is 0 Å².